The number of rotatable bonds is 4. The van der Waals surface area contributed by atoms with Crippen LogP contribution in [-0.4, -0.2) is 36.0 Å². The Kier molecular flexibility index (Phi) is 7.49. The molecular weight excluding hydrogens is 364 g/mol. The highest BCUT2D eigenvalue weighted by Gasteiger charge is 2.23. The number of piperidine rings is 1. The molecule has 27 heavy (non-hydrogen) atoms. The molecule has 0 aromatic heterocycles. The van der Waals surface area contributed by atoms with Gasteiger partial charge in [0, 0.05) is 30.5 Å². The predicted molar refractivity (Wildman–Crippen MR) is 110 cm³/mol. The first-order chi connectivity index (χ1) is 12.6. The third kappa shape index (κ3) is 6.18. The second kappa shape index (κ2) is 9.83. The third-order valence-corrected chi connectivity index (χ3v) is 4.52. The van der Waals surface area contributed by atoms with E-state index in [0.717, 1.165) is 24.1 Å². The Bertz CT molecular complexity index is 744. The van der Waals surface area contributed by atoms with Gasteiger partial charge in [-0.25, -0.2) is 4.79 Å². The van der Waals surface area contributed by atoms with Gasteiger partial charge in [0.15, 0.2) is 0 Å². The van der Waals surface area contributed by atoms with Gasteiger partial charge >= 0.3 is 6.03 Å². The van der Waals surface area contributed by atoms with Crippen molar-refractivity contribution in [1.29, 1.82) is 0 Å². The van der Waals surface area contributed by atoms with Crippen LogP contribution in [0.4, 0.5) is 16.2 Å². The first kappa shape index (κ1) is 20.6. The summed E-state index contributed by atoms with van der Waals surface area (Å²) in [6.07, 6.45) is 1.86. The summed E-state index contributed by atoms with van der Waals surface area (Å²) in [6, 6.07) is 16.8. The summed E-state index contributed by atoms with van der Waals surface area (Å²) >= 11 is 0. The van der Waals surface area contributed by atoms with Gasteiger partial charge in [0.25, 0.3) is 0 Å². The van der Waals surface area contributed by atoms with Gasteiger partial charge in [0.05, 0.1) is 6.42 Å². The highest BCUT2D eigenvalue weighted by molar-refractivity contribution is 5.89. The maximum absolute atomic E-state index is 12.3. The standard InChI is InChI=1S/C20H24N4O2.ClH/c21-16-8-6-15(7-9-16)14-19(25)22-18-10-12-24(13-11-18)20(26)23-17-4-2-1-3-5-17;/h1-9,18H,10-14,21H2,(H,22,25)(H,23,26);1H. The molecule has 6 nitrogen and oxygen atoms in total. The SMILES string of the molecule is Cl.Nc1ccc(CC(=O)NC2CCN(C(=O)Nc3ccccc3)CC2)cc1. The van der Waals surface area contributed by atoms with Crippen LogP contribution in [0.1, 0.15) is 18.4 Å². The van der Waals surface area contributed by atoms with Crippen LogP contribution in [0.15, 0.2) is 54.6 Å². The lowest BCUT2D eigenvalue weighted by Crippen LogP contribution is -2.48. The van der Waals surface area contributed by atoms with Crippen molar-refractivity contribution in [2.75, 3.05) is 24.1 Å². The Hall–Kier alpha value is -2.73. The zero-order valence-corrected chi connectivity index (χ0v) is 15.9. The average Bonchev–Trinajstić information content (AvgIpc) is 2.65. The van der Waals surface area contributed by atoms with E-state index in [1.165, 1.54) is 0 Å². The molecule has 3 rings (SSSR count). The Morgan fingerprint density at radius 3 is 2.26 bits per heavy atom. The Morgan fingerprint density at radius 1 is 1.00 bits per heavy atom. The van der Waals surface area contributed by atoms with E-state index in [0.29, 0.717) is 25.2 Å². The number of halogens is 1. The van der Waals surface area contributed by atoms with Gasteiger partial charge in [-0.1, -0.05) is 30.3 Å². The topological polar surface area (TPSA) is 87.5 Å². The van der Waals surface area contributed by atoms with E-state index in [1.807, 2.05) is 42.5 Å². The first-order valence-electron chi connectivity index (χ1n) is 8.85. The molecule has 1 aliphatic heterocycles. The Labute approximate surface area is 165 Å². The van der Waals surface area contributed by atoms with Crippen molar-refractivity contribution >= 4 is 35.7 Å². The lowest BCUT2D eigenvalue weighted by atomic mass is 10.0. The van der Waals surface area contributed by atoms with Gasteiger partial charge in [-0.2, -0.15) is 0 Å². The Balaban J connectivity index is 0.00000261. The molecule has 0 atom stereocenters. The summed E-state index contributed by atoms with van der Waals surface area (Å²) in [5, 5.41) is 5.96. The number of urea groups is 1. The van der Waals surface area contributed by atoms with Crippen LogP contribution >= 0.6 is 12.4 Å². The Morgan fingerprint density at radius 2 is 1.63 bits per heavy atom. The molecule has 0 spiro atoms. The van der Waals surface area contributed by atoms with Crippen LogP contribution in [0.3, 0.4) is 0 Å². The summed E-state index contributed by atoms with van der Waals surface area (Å²) in [4.78, 5) is 26.3. The summed E-state index contributed by atoms with van der Waals surface area (Å²) < 4.78 is 0. The van der Waals surface area contributed by atoms with Crippen molar-refractivity contribution in [3.63, 3.8) is 0 Å². The summed E-state index contributed by atoms with van der Waals surface area (Å²) in [7, 11) is 0. The number of carbonyl (C=O) groups is 2. The van der Waals surface area contributed by atoms with E-state index in [1.54, 1.807) is 17.0 Å². The first-order valence-corrected chi connectivity index (χ1v) is 8.85. The predicted octanol–water partition coefficient (Wildman–Crippen LogP) is 3.05. The number of nitrogen functional groups attached to an aromatic ring is 1. The van der Waals surface area contributed by atoms with E-state index in [9.17, 15) is 9.59 Å². The maximum atomic E-state index is 12.3. The molecule has 2 aromatic carbocycles. The van der Waals surface area contributed by atoms with E-state index in [2.05, 4.69) is 10.6 Å². The summed E-state index contributed by atoms with van der Waals surface area (Å²) in [5.41, 5.74) is 8.07. The molecule has 1 saturated heterocycles. The van der Waals surface area contributed by atoms with E-state index < -0.39 is 0 Å². The van der Waals surface area contributed by atoms with Crippen LogP contribution < -0.4 is 16.4 Å². The monoisotopic (exact) mass is 388 g/mol. The fourth-order valence-electron chi connectivity index (χ4n) is 3.05. The minimum Gasteiger partial charge on any atom is -0.399 e. The molecule has 0 aliphatic carbocycles. The van der Waals surface area contributed by atoms with E-state index in [4.69, 9.17) is 5.73 Å². The lowest BCUT2D eigenvalue weighted by Gasteiger charge is -2.32. The number of anilines is 2. The van der Waals surface area contributed by atoms with Crippen molar-refractivity contribution < 1.29 is 9.59 Å². The molecule has 1 fully saturated rings. The highest BCUT2D eigenvalue weighted by atomic mass is 35.5. The molecule has 0 bridgehead atoms. The molecule has 2 aromatic rings. The fraction of sp³-hybridized carbons (Fsp3) is 0.300. The molecule has 0 unspecified atom stereocenters. The molecule has 0 saturated carbocycles. The number of likely N-dealkylation sites (tertiary alicyclic amines) is 1. The number of amides is 3. The van der Waals surface area contributed by atoms with Gasteiger partial charge in [-0.15, -0.1) is 12.4 Å². The number of nitrogens with zero attached hydrogens (tertiary/aromatic N) is 1. The lowest BCUT2D eigenvalue weighted by molar-refractivity contribution is -0.121. The van der Waals surface area contributed by atoms with Crippen molar-refractivity contribution in [3.05, 3.63) is 60.2 Å². The fourth-order valence-corrected chi connectivity index (χ4v) is 3.05. The van der Waals surface area contributed by atoms with Crippen LogP contribution in [-0.2, 0) is 11.2 Å². The molecule has 144 valence electrons. The molecule has 7 heteroatoms. The van der Waals surface area contributed by atoms with Crippen molar-refractivity contribution in [2.24, 2.45) is 0 Å². The number of para-hydroxylation sites is 1. The van der Waals surface area contributed by atoms with Crippen molar-refractivity contribution in [1.82, 2.24) is 10.2 Å². The second-order valence-electron chi connectivity index (χ2n) is 6.54. The quantitative estimate of drug-likeness (QED) is 0.703. The van der Waals surface area contributed by atoms with Crippen LogP contribution in [0.25, 0.3) is 0 Å². The van der Waals surface area contributed by atoms with Crippen molar-refractivity contribution in [2.45, 2.75) is 25.3 Å². The second-order valence-corrected chi connectivity index (χ2v) is 6.54. The number of nitrogens with two attached hydrogens (primary N) is 1. The van der Waals surface area contributed by atoms with Gasteiger partial charge < -0.3 is 21.3 Å². The minimum atomic E-state index is -0.0946. The number of benzene rings is 2. The maximum Gasteiger partial charge on any atom is 0.321 e. The van der Waals surface area contributed by atoms with Crippen LogP contribution in [0.2, 0.25) is 0 Å². The number of hydrogen-bond acceptors (Lipinski definition) is 3. The molecule has 0 radical (unpaired) electrons. The third-order valence-electron chi connectivity index (χ3n) is 4.52. The number of carbonyl (C=O) groups excluding carboxylic acids is 2. The van der Waals surface area contributed by atoms with Crippen LogP contribution in [0.5, 0.6) is 0 Å². The summed E-state index contributed by atoms with van der Waals surface area (Å²) in [6.45, 7) is 1.26. The molecule has 4 N–H and O–H groups in total. The smallest absolute Gasteiger partial charge is 0.321 e. The van der Waals surface area contributed by atoms with Crippen LogP contribution in [0, 0.1) is 0 Å². The molecule has 1 aliphatic rings. The number of hydrogen-bond donors (Lipinski definition) is 3. The zero-order valence-electron chi connectivity index (χ0n) is 15.1. The molecule has 3 amide bonds. The number of nitrogens with one attached hydrogen (secondary N) is 2. The van der Waals surface area contributed by atoms with E-state index >= 15 is 0 Å². The molecular formula is C20H25ClN4O2. The van der Waals surface area contributed by atoms with Gasteiger partial charge in [0.1, 0.15) is 0 Å². The largest absolute Gasteiger partial charge is 0.399 e. The highest BCUT2D eigenvalue weighted by Crippen LogP contribution is 2.14. The zero-order chi connectivity index (χ0) is 18.4. The average molecular weight is 389 g/mol. The normalized spacial score (nSPS) is 14.1. The van der Waals surface area contributed by atoms with Gasteiger partial charge in [-0.05, 0) is 42.7 Å². The van der Waals surface area contributed by atoms with Gasteiger partial charge in [-0.3, -0.25) is 4.79 Å². The molecule has 1 heterocycles. The van der Waals surface area contributed by atoms with Crippen molar-refractivity contribution in [3.8, 4) is 0 Å². The summed E-state index contributed by atoms with van der Waals surface area (Å²) in [5.74, 6) is 0.00181. The minimum absolute atomic E-state index is 0. The van der Waals surface area contributed by atoms with E-state index in [-0.39, 0.29) is 30.4 Å². The van der Waals surface area contributed by atoms with Gasteiger partial charge in [0.2, 0.25) is 5.91 Å².